The molecule has 102 valence electrons. The largest absolute Gasteiger partial charge is 0.386 e. The lowest BCUT2D eigenvalue weighted by molar-refractivity contribution is 0.167. The molecule has 0 spiro atoms. The fourth-order valence-corrected chi connectivity index (χ4v) is 3.19. The van der Waals surface area contributed by atoms with E-state index in [0.29, 0.717) is 11.0 Å². The second-order valence-corrected chi connectivity index (χ2v) is 5.73. The van der Waals surface area contributed by atoms with Gasteiger partial charge in [-0.1, -0.05) is 11.8 Å². The number of aliphatic hydroxyl groups excluding tert-OH is 1. The molecule has 0 bridgehead atoms. The Kier molecular flexibility index (Phi) is 4.59. The molecule has 0 radical (unpaired) electrons. The number of imidazole rings is 1. The minimum atomic E-state index is -0.662. The fourth-order valence-electron chi connectivity index (χ4n) is 1.82. The van der Waals surface area contributed by atoms with Crippen molar-refractivity contribution in [2.24, 2.45) is 7.05 Å². The van der Waals surface area contributed by atoms with Crippen LogP contribution in [0.25, 0.3) is 0 Å². The molecule has 2 aromatic heterocycles. The van der Waals surface area contributed by atoms with Gasteiger partial charge in [0.25, 0.3) is 0 Å². The molecule has 2 heterocycles. The summed E-state index contributed by atoms with van der Waals surface area (Å²) >= 11 is 4.93. The van der Waals surface area contributed by atoms with E-state index in [1.54, 1.807) is 12.4 Å². The van der Waals surface area contributed by atoms with E-state index in [1.165, 1.54) is 11.8 Å². The molecule has 0 aromatic carbocycles. The Bertz CT molecular complexity index is 570. The van der Waals surface area contributed by atoms with Crippen molar-refractivity contribution in [1.29, 1.82) is 0 Å². The molecule has 0 saturated heterocycles. The van der Waals surface area contributed by atoms with Crippen LogP contribution in [0.3, 0.4) is 0 Å². The van der Waals surface area contributed by atoms with E-state index in [0.717, 1.165) is 22.2 Å². The van der Waals surface area contributed by atoms with Crippen molar-refractivity contribution in [1.82, 2.24) is 19.5 Å². The molecule has 2 aromatic rings. The molecule has 7 heteroatoms. The van der Waals surface area contributed by atoms with E-state index in [9.17, 15) is 5.11 Å². The second kappa shape index (κ2) is 6.02. The van der Waals surface area contributed by atoms with Gasteiger partial charge in [0.05, 0.1) is 17.1 Å². The van der Waals surface area contributed by atoms with Gasteiger partial charge in [0, 0.05) is 25.9 Å². The number of aryl methyl sites for hydroxylation is 1. The van der Waals surface area contributed by atoms with Gasteiger partial charge in [-0.15, -0.1) is 0 Å². The molecule has 1 N–H and O–H groups in total. The van der Waals surface area contributed by atoms with E-state index >= 15 is 0 Å². The van der Waals surface area contributed by atoms with Gasteiger partial charge in [-0.25, -0.2) is 4.98 Å². The van der Waals surface area contributed by atoms with Crippen LogP contribution in [0.2, 0.25) is 0 Å². The lowest BCUT2D eigenvalue weighted by Gasteiger charge is -2.12. The Balaban J connectivity index is 2.22. The molecule has 0 amide bonds. The monoisotopic (exact) mass is 342 g/mol. The van der Waals surface area contributed by atoms with Crippen molar-refractivity contribution in [2.75, 3.05) is 6.26 Å². The van der Waals surface area contributed by atoms with Crippen molar-refractivity contribution < 1.29 is 5.11 Å². The summed E-state index contributed by atoms with van der Waals surface area (Å²) in [5, 5.41) is 11.2. The maximum Gasteiger partial charge on any atom is 0.168 e. The van der Waals surface area contributed by atoms with Crippen LogP contribution < -0.4 is 0 Å². The standard InChI is InChI=1S/C12H15BrN4OS/c1-7-5-15-8(6-14-7)4-9(18)10-11(13)16-12(19-3)17(10)2/h5-6,9,18H,4H2,1-3H3. The van der Waals surface area contributed by atoms with E-state index in [1.807, 2.05) is 24.8 Å². The third-order valence-corrected chi connectivity index (χ3v) is 4.10. The van der Waals surface area contributed by atoms with Crippen LogP contribution in [-0.2, 0) is 13.5 Å². The fraction of sp³-hybridized carbons (Fsp3) is 0.417. The molecule has 0 saturated carbocycles. The third kappa shape index (κ3) is 3.16. The van der Waals surface area contributed by atoms with Crippen LogP contribution in [0.5, 0.6) is 0 Å². The number of aliphatic hydroxyl groups is 1. The van der Waals surface area contributed by atoms with Gasteiger partial charge >= 0.3 is 0 Å². The van der Waals surface area contributed by atoms with Crippen molar-refractivity contribution in [2.45, 2.75) is 24.6 Å². The van der Waals surface area contributed by atoms with Crippen molar-refractivity contribution in [3.8, 4) is 0 Å². The van der Waals surface area contributed by atoms with E-state index in [2.05, 4.69) is 30.9 Å². The number of rotatable bonds is 4. The summed E-state index contributed by atoms with van der Waals surface area (Å²) in [6.45, 7) is 1.88. The van der Waals surface area contributed by atoms with Crippen LogP contribution in [0, 0.1) is 6.92 Å². The summed E-state index contributed by atoms with van der Waals surface area (Å²) in [7, 11) is 1.89. The average Bonchev–Trinajstić information content (AvgIpc) is 2.67. The first-order valence-corrected chi connectivity index (χ1v) is 7.76. The first kappa shape index (κ1) is 14.5. The van der Waals surface area contributed by atoms with Gasteiger partial charge in [0.15, 0.2) is 5.16 Å². The minimum absolute atomic E-state index is 0.416. The van der Waals surface area contributed by atoms with Gasteiger partial charge in [0.2, 0.25) is 0 Å². The first-order chi connectivity index (χ1) is 9.02. The SMILES string of the molecule is CSc1nc(Br)c(C(O)Cc2cnc(C)cn2)n1C. The summed E-state index contributed by atoms with van der Waals surface area (Å²) in [6, 6.07) is 0. The molecule has 0 fully saturated rings. The molecule has 5 nitrogen and oxygen atoms in total. The van der Waals surface area contributed by atoms with Gasteiger partial charge in [-0.3, -0.25) is 9.97 Å². The lowest BCUT2D eigenvalue weighted by atomic mass is 10.1. The topological polar surface area (TPSA) is 63.8 Å². The highest BCUT2D eigenvalue weighted by Gasteiger charge is 2.20. The van der Waals surface area contributed by atoms with E-state index < -0.39 is 6.10 Å². The normalized spacial score (nSPS) is 12.7. The molecular formula is C12H15BrN4OS. The number of aromatic nitrogens is 4. The summed E-state index contributed by atoms with van der Waals surface area (Å²) in [6.07, 6.45) is 5.10. The Labute approximate surface area is 124 Å². The zero-order valence-corrected chi connectivity index (χ0v) is 13.4. The predicted molar refractivity (Wildman–Crippen MR) is 78.1 cm³/mol. The number of thioether (sulfide) groups is 1. The highest BCUT2D eigenvalue weighted by molar-refractivity contribution is 9.10. The average molecular weight is 343 g/mol. The summed E-state index contributed by atoms with van der Waals surface area (Å²) in [5.41, 5.74) is 2.38. The van der Waals surface area contributed by atoms with Crippen molar-refractivity contribution >= 4 is 27.7 Å². The molecular weight excluding hydrogens is 328 g/mol. The second-order valence-electron chi connectivity index (χ2n) is 4.20. The molecule has 0 aliphatic carbocycles. The molecule has 0 aliphatic heterocycles. The van der Waals surface area contributed by atoms with Gasteiger partial charge in [-0.2, -0.15) is 0 Å². The van der Waals surface area contributed by atoms with Crippen LogP contribution in [0.4, 0.5) is 0 Å². The third-order valence-electron chi connectivity index (χ3n) is 2.79. The molecule has 1 unspecified atom stereocenters. The quantitative estimate of drug-likeness (QED) is 0.863. The highest BCUT2D eigenvalue weighted by atomic mass is 79.9. The van der Waals surface area contributed by atoms with Crippen LogP contribution in [0.1, 0.15) is 23.2 Å². The zero-order chi connectivity index (χ0) is 14.0. The summed E-state index contributed by atoms with van der Waals surface area (Å²) in [4.78, 5) is 12.8. The van der Waals surface area contributed by atoms with Gasteiger partial charge in [0.1, 0.15) is 10.7 Å². The van der Waals surface area contributed by atoms with Gasteiger partial charge < -0.3 is 9.67 Å². The lowest BCUT2D eigenvalue weighted by Crippen LogP contribution is -2.09. The molecule has 2 rings (SSSR count). The molecule has 19 heavy (non-hydrogen) atoms. The molecule has 0 aliphatic rings. The number of nitrogens with zero attached hydrogens (tertiary/aromatic N) is 4. The number of halogens is 1. The smallest absolute Gasteiger partial charge is 0.168 e. The summed E-state index contributed by atoms with van der Waals surface area (Å²) in [5.74, 6) is 0. The first-order valence-electron chi connectivity index (χ1n) is 5.74. The predicted octanol–water partition coefficient (Wildman–Crippen LogP) is 2.28. The van der Waals surface area contributed by atoms with E-state index in [4.69, 9.17) is 0 Å². The van der Waals surface area contributed by atoms with Crippen molar-refractivity contribution in [3.63, 3.8) is 0 Å². The Hall–Kier alpha value is -0.920. The molecule has 1 atom stereocenters. The van der Waals surface area contributed by atoms with E-state index in [-0.39, 0.29) is 0 Å². The Morgan fingerprint density at radius 2 is 2.16 bits per heavy atom. The number of hydrogen-bond donors (Lipinski definition) is 1. The van der Waals surface area contributed by atoms with Crippen molar-refractivity contribution in [3.05, 3.63) is 34.1 Å². The minimum Gasteiger partial charge on any atom is -0.386 e. The van der Waals surface area contributed by atoms with Crippen LogP contribution in [0.15, 0.2) is 22.2 Å². The van der Waals surface area contributed by atoms with Crippen LogP contribution >= 0.6 is 27.7 Å². The zero-order valence-electron chi connectivity index (χ0n) is 11.0. The highest BCUT2D eigenvalue weighted by Crippen LogP contribution is 2.28. The maximum atomic E-state index is 10.3. The number of hydrogen-bond acceptors (Lipinski definition) is 5. The van der Waals surface area contributed by atoms with Gasteiger partial charge in [-0.05, 0) is 29.1 Å². The Morgan fingerprint density at radius 3 is 2.68 bits per heavy atom. The summed E-state index contributed by atoms with van der Waals surface area (Å²) < 4.78 is 2.56. The maximum absolute atomic E-state index is 10.3. The Morgan fingerprint density at radius 1 is 1.42 bits per heavy atom. The van der Waals surface area contributed by atoms with Crippen LogP contribution in [-0.4, -0.2) is 30.9 Å².